The summed E-state index contributed by atoms with van der Waals surface area (Å²) in [6.45, 7) is 2.84. The number of amides is 1. The number of rotatable bonds is 7. The van der Waals surface area contributed by atoms with Gasteiger partial charge in [0.25, 0.3) is 11.1 Å². The minimum absolute atomic E-state index is 0.0746. The van der Waals surface area contributed by atoms with Crippen LogP contribution >= 0.6 is 22.7 Å². The number of carbonyl (C=O) groups is 1. The normalized spacial score (nSPS) is 12.8. The average molecular weight is 574 g/mol. The highest BCUT2D eigenvalue weighted by Gasteiger charge is 2.27. The number of methoxy groups -OCH3 is 2. The third kappa shape index (κ3) is 4.25. The van der Waals surface area contributed by atoms with Gasteiger partial charge in [-0.05, 0) is 47.9 Å². The van der Waals surface area contributed by atoms with E-state index in [0.717, 1.165) is 33.6 Å². The van der Waals surface area contributed by atoms with Crippen molar-refractivity contribution >= 4 is 50.2 Å². The number of aryl methyl sites for hydroxylation is 1. The number of aromatic nitrogens is 4. The van der Waals surface area contributed by atoms with Crippen molar-refractivity contribution in [3.63, 3.8) is 0 Å². The summed E-state index contributed by atoms with van der Waals surface area (Å²) >= 11 is 2.83. The van der Waals surface area contributed by atoms with Crippen molar-refractivity contribution in [3.05, 3.63) is 69.8 Å². The van der Waals surface area contributed by atoms with Crippen molar-refractivity contribution in [3.8, 4) is 28.1 Å². The number of anilines is 1. The lowest BCUT2D eigenvalue weighted by Gasteiger charge is -2.17. The Hall–Kier alpha value is -4.42. The monoisotopic (exact) mass is 573 g/mol. The van der Waals surface area contributed by atoms with Crippen LogP contribution in [0.25, 0.3) is 27.4 Å². The SMILES string of the molecule is COc1cc(OCc2ccc3c(c2)N(C(=O)c2csc(C)n2)CC3)c2cc(-c3cn4nc(OC)sc4n3)oc2c1. The van der Waals surface area contributed by atoms with Crippen LogP contribution in [0.1, 0.15) is 26.6 Å². The highest BCUT2D eigenvalue weighted by Crippen LogP contribution is 2.38. The molecule has 0 unspecified atom stereocenters. The molecule has 1 aliphatic rings. The predicted molar refractivity (Wildman–Crippen MR) is 152 cm³/mol. The smallest absolute Gasteiger partial charge is 0.294 e. The van der Waals surface area contributed by atoms with Crippen LogP contribution < -0.4 is 19.1 Å². The van der Waals surface area contributed by atoms with Crippen LogP contribution in [0.4, 0.5) is 5.69 Å². The van der Waals surface area contributed by atoms with E-state index < -0.39 is 0 Å². The first-order valence-electron chi connectivity index (χ1n) is 12.5. The van der Waals surface area contributed by atoms with Crippen molar-refractivity contribution in [1.82, 2.24) is 19.6 Å². The van der Waals surface area contributed by atoms with Crippen molar-refractivity contribution in [2.45, 2.75) is 20.0 Å². The number of imidazole rings is 1. The first-order valence-corrected chi connectivity index (χ1v) is 14.2. The Bertz CT molecular complexity index is 1870. The van der Waals surface area contributed by atoms with E-state index in [1.807, 2.05) is 42.6 Å². The van der Waals surface area contributed by atoms with Gasteiger partial charge in [-0.1, -0.05) is 12.1 Å². The fourth-order valence-corrected chi connectivity index (χ4v) is 6.10. The minimum atomic E-state index is -0.0746. The van der Waals surface area contributed by atoms with Crippen LogP contribution in [0.2, 0.25) is 0 Å². The maximum atomic E-state index is 13.1. The van der Waals surface area contributed by atoms with Gasteiger partial charge >= 0.3 is 0 Å². The molecule has 4 aromatic heterocycles. The quantitative estimate of drug-likeness (QED) is 0.237. The van der Waals surface area contributed by atoms with Gasteiger partial charge in [-0.2, -0.15) is 0 Å². The second-order valence-corrected chi connectivity index (χ2v) is 11.3. The largest absolute Gasteiger partial charge is 0.496 e. The Labute approximate surface area is 236 Å². The molecule has 0 saturated carbocycles. The minimum Gasteiger partial charge on any atom is -0.496 e. The van der Waals surface area contributed by atoms with Crippen LogP contribution in [0.3, 0.4) is 0 Å². The molecule has 10 nitrogen and oxygen atoms in total. The fraction of sp³-hybridized carbons (Fsp3) is 0.214. The van der Waals surface area contributed by atoms with Gasteiger partial charge in [0.15, 0.2) is 5.76 Å². The first-order chi connectivity index (χ1) is 19.5. The first kappa shape index (κ1) is 24.6. The van der Waals surface area contributed by atoms with Crippen LogP contribution in [0.5, 0.6) is 16.7 Å². The van der Waals surface area contributed by atoms with E-state index in [0.29, 0.717) is 57.5 Å². The molecular formula is C28H23N5O5S2. The average Bonchev–Trinajstić information content (AvgIpc) is 3.77. The highest BCUT2D eigenvalue weighted by molar-refractivity contribution is 7.18. The van der Waals surface area contributed by atoms with Gasteiger partial charge in [0.2, 0.25) is 4.96 Å². The molecule has 2 aromatic carbocycles. The van der Waals surface area contributed by atoms with Crippen LogP contribution in [0.15, 0.2) is 52.4 Å². The molecule has 0 saturated heterocycles. The molecule has 40 heavy (non-hydrogen) atoms. The number of benzene rings is 2. The van der Waals surface area contributed by atoms with E-state index in [-0.39, 0.29) is 5.91 Å². The summed E-state index contributed by atoms with van der Waals surface area (Å²) < 4.78 is 24.8. The highest BCUT2D eigenvalue weighted by atomic mass is 32.1. The van der Waals surface area contributed by atoms with E-state index in [4.69, 9.17) is 18.6 Å². The maximum Gasteiger partial charge on any atom is 0.294 e. The van der Waals surface area contributed by atoms with Crippen LogP contribution in [0, 0.1) is 6.92 Å². The Morgan fingerprint density at radius 3 is 2.80 bits per heavy atom. The Balaban J connectivity index is 1.16. The Kier molecular flexibility index (Phi) is 5.93. The molecule has 0 N–H and O–H groups in total. The van der Waals surface area contributed by atoms with Gasteiger partial charge in [-0.3, -0.25) is 4.79 Å². The molecule has 0 bridgehead atoms. The number of hydrogen-bond donors (Lipinski definition) is 0. The summed E-state index contributed by atoms with van der Waals surface area (Å²) in [5.74, 6) is 1.75. The molecule has 6 aromatic rings. The van der Waals surface area contributed by atoms with Gasteiger partial charge < -0.3 is 23.5 Å². The van der Waals surface area contributed by atoms with Gasteiger partial charge in [-0.15, -0.1) is 16.4 Å². The molecule has 0 aliphatic carbocycles. The van der Waals surface area contributed by atoms with Crippen molar-refractivity contribution < 1.29 is 23.4 Å². The third-order valence-electron chi connectivity index (χ3n) is 6.78. The van der Waals surface area contributed by atoms with Crippen LogP contribution in [-0.4, -0.2) is 46.3 Å². The molecular weight excluding hydrogens is 550 g/mol. The molecule has 7 rings (SSSR count). The molecule has 1 amide bonds. The topological polar surface area (TPSA) is 104 Å². The van der Waals surface area contributed by atoms with E-state index >= 15 is 0 Å². The summed E-state index contributed by atoms with van der Waals surface area (Å²) in [7, 11) is 3.18. The summed E-state index contributed by atoms with van der Waals surface area (Å²) in [6, 6.07) is 11.7. The number of furan rings is 1. The number of fused-ring (bicyclic) bond motifs is 3. The maximum absolute atomic E-state index is 13.1. The second kappa shape index (κ2) is 9.65. The Morgan fingerprint density at radius 1 is 1.12 bits per heavy atom. The van der Waals surface area contributed by atoms with Crippen LogP contribution in [-0.2, 0) is 13.0 Å². The molecule has 0 fully saturated rings. The second-order valence-electron chi connectivity index (χ2n) is 9.28. The third-order valence-corrected chi connectivity index (χ3v) is 8.44. The summed E-state index contributed by atoms with van der Waals surface area (Å²) in [5, 5.41) is 8.37. The zero-order valence-electron chi connectivity index (χ0n) is 21.8. The fourth-order valence-electron chi connectivity index (χ4n) is 4.82. The van der Waals surface area contributed by atoms with E-state index in [1.165, 1.54) is 22.7 Å². The number of hydrogen-bond acceptors (Lipinski definition) is 10. The number of nitrogens with zero attached hydrogens (tertiary/aromatic N) is 5. The predicted octanol–water partition coefficient (Wildman–Crippen LogP) is 5.77. The van der Waals surface area contributed by atoms with E-state index in [2.05, 4.69) is 21.1 Å². The van der Waals surface area contributed by atoms with Gasteiger partial charge in [-0.25, -0.2) is 14.5 Å². The molecule has 0 radical (unpaired) electrons. The lowest BCUT2D eigenvalue weighted by atomic mass is 10.1. The molecule has 0 spiro atoms. The number of thiazole rings is 1. The summed E-state index contributed by atoms with van der Waals surface area (Å²) in [5.41, 5.74) is 4.75. The van der Waals surface area contributed by atoms with E-state index in [9.17, 15) is 4.79 Å². The molecule has 12 heteroatoms. The molecule has 5 heterocycles. The molecule has 0 atom stereocenters. The van der Waals surface area contributed by atoms with Crippen molar-refractivity contribution in [1.29, 1.82) is 0 Å². The van der Waals surface area contributed by atoms with Gasteiger partial charge in [0.1, 0.15) is 35.1 Å². The number of ether oxygens (including phenoxy) is 3. The lowest BCUT2D eigenvalue weighted by Crippen LogP contribution is -2.29. The number of carbonyl (C=O) groups excluding carboxylic acids is 1. The summed E-state index contributed by atoms with van der Waals surface area (Å²) in [4.78, 5) is 24.6. The van der Waals surface area contributed by atoms with Crippen molar-refractivity contribution in [2.75, 3.05) is 25.7 Å². The lowest BCUT2D eigenvalue weighted by molar-refractivity contribution is 0.0985. The van der Waals surface area contributed by atoms with E-state index in [1.54, 1.807) is 29.8 Å². The van der Waals surface area contributed by atoms with Gasteiger partial charge in [0.05, 0.1) is 30.8 Å². The Morgan fingerprint density at radius 2 is 2.02 bits per heavy atom. The standard InChI is InChI=1S/C28H23N5O5S2/c1-15-29-21(14-39-15)26(34)32-7-6-17-5-4-16(8-22(17)32)13-37-23-9-18(35-2)10-24-19(23)11-25(38-24)20-12-33-27(30-20)40-28(31-33)36-3/h4-5,8-12,14H,6-7,13H2,1-3H3. The van der Waals surface area contributed by atoms with Gasteiger partial charge in [0, 0.05) is 29.7 Å². The van der Waals surface area contributed by atoms with Crippen molar-refractivity contribution in [2.24, 2.45) is 0 Å². The summed E-state index contributed by atoms with van der Waals surface area (Å²) in [6.07, 6.45) is 2.61. The zero-order valence-corrected chi connectivity index (χ0v) is 23.5. The zero-order chi connectivity index (χ0) is 27.4. The molecule has 1 aliphatic heterocycles. The molecule has 202 valence electrons.